The molecule has 0 bridgehead atoms. The van der Waals surface area contributed by atoms with Crippen molar-refractivity contribution in [2.75, 3.05) is 18.4 Å². The van der Waals surface area contributed by atoms with Crippen molar-refractivity contribution in [3.05, 3.63) is 65.5 Å². The molecule has 8 heteroatoms. The number of carboxylic acids is 2. The van der Waals surface area contributed by atoms with Crippen molar-refractivity contribution in [1.29, 1.82) is 0 Å². The Labute approximate surface area is 161 Å². The number of benzene rings is 2. The highest BCUT2D eigenvalue weighted by molar-refractivity contribution is 6.27. The molecule has 1 aliphatic rings. The molecule has 0 radical (unpaired) electrons. The molecule has 0 unspecified atom stereocenters. The molecule has 0 atom stereocenters. The number of nitrogens with zero attached hydrogens (tertiary/aromatic N) is 1. The van der Waals surface area contributed by atoms with Crippen LogP contribution in [0, 0.1) is 5.82 Å². The number of carboxylic acid groups (broad SMARTS) is 2. The molecule has 2 aromatic carbocycles. The molecule has 1 aliphatic heterocycles. The van der Waals surface area contributed by atoms with Gasteiger partial charge in [-0.2, -0.15) is 0 Å². The van der Waals surface area contributed by atoms with Crippen molar-refractivity contribution in [2.45, 2.75) is 19.4 Å². The molecule has 28 heavy (non-hydrogen) atoms. The van der Waals surface area contributed by atoms with Crippen molar-refractivity contribution < 1.29 is 29.0 Å². The number of fused-ring (bicyclic) bond motifs is 1. The zero-order chi connectivity index (χ0) is 20.5. The van der Waals surface area contributed by atoms with Gasteiger partial charge in [0.1, 0.15) is 5.82 Å². The Morgan fingerprint density at radius 1 is 0.964 bits per heavy atom. The lowest BCUT2D eigenvalue weighted by Crippen LogP contribution is -2.33. The van der Waals surface area contributed by atoms with Crippen LogP contribution in [-0.4, -0.2) is 46.0 Å². The van der Waals surface area contributed by atoms with Gasteiger partial charge < -0.3 is 15.5 Å². The summed E-state index contributed by atoms with van der Waals surface area (Å²) < 4.78 is 12.8. The third kappa shape index (κ3) is 6.81. The Hall–Kier alpha value is -3.26. The lowest BCUT2D eigenvalue weighted by atomic mass is 10.00. The lowest BCUT2D eigenvalue weighted by Gasteiger charge is -2.28. The number of hydrogen-bond acceptors (Lipinski definition) is 4. The average molecular weight is 388 g/mol. The van der Waals surface area contributed by atoms with Gasteiger partial charge in [-0.3, -0.25) is 9.69 Å². The summed E-state index contributed by atoms with van der Waals surface area (Å²) in [6, 6.07) is 14.3. The van der Waals surface area contributed by atoms with Gasteiger partial charge in [0.15, 0.2) is 0 Å². The van der Waals surface area contributed by atoms with Gasteiger partial charge in [0.2, 0.25) is 5.91 Å². The van der Waals surface area contributed by atoms with Crippen LogP contribution in [-0.2, 0) is 27.3 Å². The summed E-state index contributed by atoms with van der Waals surface area (Å²) in [5.74, 6) is -3.99. The van der Waals surface area contributed by atoms with E-state index in [0.717, 1.165) is 26.1 Å². The van der Waals surface area contributed by atoms with Crippen molar-refractivity contribution in [2.24, 2.45) is 0 Å². The highest BCUT2D eigenvalue weighted by Crippen LogP contribution is 2.18. The summed E-state index contributed by atoms with van der Waals surface area (Å²) in [7, 11) is 0. The summed E-state index contributed by atoms with van der Waals surface area (Å²) in [4.78, 5) is 32.5. The Morgan fingerprint density at radius 3 is 2.18 bits per heavy atom. The van der Waals surface area contributed by atoms with Crippen molar-refractivity contribution in [1.82, 2.24) is 4.90 Å². The first kappa shape index (κ1) is 21.0. The molecule has 148 valence electrons. The number of carbonyl (C=O) groups excluding carboxylic acids is 1. The number of amides is 1. The molecule has 7 nitrogen and oxygen atoms in total. The summed E-state index contributed by atoms with van der Waals surface area (Å²) in [6.45, 7) is 2.63. The quantitative estimate of drug-likeness (QED) is 0.694. The SMILES string of the molecule is O=C(CCN1CCc2ccccc2C1)Nc1ccc(F)cc1.O=C(O)C(=O)O. The zero-order valence-electron chi connectivity index (χ0n) is 15.1. The predicted octanol–water partition coefficient (Wildman–Crippen LogP) is 2.37. The van der Waals surface area contributed by atoms with Crippen LogP contribution in [0.15, 0.2) is 48.5 Å². The van der Waals surface area contributed by atoms with Gasteiger partial charge >= 0.3 is 11.9 Å². The molecular formula is C20H21FN2O5. The Kier molecular flexibility index (Phi) is 7.65. The van der Waals surface area contributed by atoms with Crippen molar-refractivity contribution in [3.8, 4) is 0 Å². The molecule has 3 N–H and O–H groups in total. The maximum Gasteiger partial charge on any atom is 0.414 e. The van der Waals surface area contributed by atoms with E-state index >= 15 is 0 Å². The lowest BCUT2D eigenvalue weighted by molar-refractivity contribution is -0.159. The molecule has 1 heterocycles. The van der Waals surface area contributed by atoms with Crippen LogP contribution in [0.3, 0.4) is 0 Å². The van der Waals surface area contributed by atoms with Gasteiger partial charge in [0.25, 0.3) is 0 Å². The van der Waals surface area contributed by atoms with E-state index < -0.39 is 11.9 Å². The fourth-order valence-corrected chi connectivity index (χ4v) is 2.76. The number of anilines is 1. The van der Waals surface area contributed by atoms with E-state index in [1.165, 1.54) is 23.3 Å². The van der Waals surface area contributed by atoms with E-state index in [1.807, 2.05) is 0 Å². The second kappa shape index (κ2) is 10.2. The first-order chi connectivity index (χ1) is 13.3. The van der Waals surface area contributed by atoms with Gasteiger partial charge in [-0.15, -0.1) is 0 Å². The molecule has 0 saturated carbocycles. The summed E-state index contributed by atoms with van der Waals surface area (Å²) in [6.07, 6.45) is 1.48. The molecule has 0 aliphatic carbocycles. The van der Waals surface area contributed by atoms with Crippen molar-refractivity contribution >= 4 is 23.5 Å². The van der Waals surface area contributed by atoms with Crippen LogP contribution in [0.1, 0.15) is 17.5 Å². The van der Waals surface area contributed by atoms with Crippen LogP contribution in [0.5, 0.6) is 0 Å². The number of nitrogens with one attached hydrogen (secondary N) is 1. The van der Waals surface area contributed by atoms with Gasteiger partial charge in [-0.05, 0) is 41.8 Å². The minimum Gasteiger partial charge on any atom is -0.473 e. The van der Waals surface area contributed by atoms with Gasteiger partial charge in [0.05, 0.1) is 0 Å². The fourth-order valence-electron chi connectivity index (χ4n) is 2.76. The third-order valence-electron chi connectivity index (χ3n) is 4.18. The second-order valence-electron chi connectivity index (χ2n) is 6.21. The smallest absolute Gasteiger partial charge is 0.414 e. The zero-order valence-corrected chi connectivity index (χ0v) is 15.1. The van der Waals surface area contributed by atoms with Crippen LogP contribution in [0.2, 0.25) is 0 Å². The molecule has 0 saturated heterocycles. The first-order valence-corrected chi connectivity index (χ1v) is 8.66. The molecule has 3 rings (SSSR count). The van der Waals surface area contributed by atoms with E-state index in [4.69, 9.17) is 19.8 Å². The number of carbonyl (C=O) groups is 3. The fraction of sp³-hybridized carbons (Fsp3) is 0.250. The van der Waals surface area contributed by atoms with Crippen LogP contribution in [0.25, 0.3) is 0 Å². The number of rotatable bonds is 4. The van der Waals surface area contributed by atoms with Crippen LogP contribution in [0.4, 0.5) is 10.1 Å². The predicted molar refractivity (Wildman–Crippen MR) is 100 cm³/mol. The maximum absolute atomic E-state index is 12.8. The monoisotopic (exact) mass is 388 g/mol. The average Bonchev–Trinajstić information content (AvgIpc) is 2.68. The molecule has 2 aromatic rings. The molecule has 0 spiro atoms. The number of aliphatic carboxylic acids is 2. The van der Waals surface area contributed by atoms with Crippen molar-refractivity contribution in [3.63, 3.8) is 0 Å². The number of halogens is 1. The topological polar surface area (TPSA) is 107 Å². The second-order valence-corrected chi connectivity index (χ2v) is 6.21. The van der Waals surface area contributed by atoms with E-state index in [1.54, 1.807) is 12.1 Å². The van der Waals surface area contributed by atoms with Crippen LogP contribution >= 0.6 is 0 Å². The van der Waals surface area contributed by atoms with Gasteiger partial charge in [0, 0.05) is 31.7 Å². The van der Waals surface area contributed by atoms with Crippen LogP contribution < -0.4 is 5.32 Å². The Balaban J connectivity index is 0.000000409. The van der Waals surface area contributed by atoms with E-state index in [-0.39, 0.29) is 11.7 Å². The molecule has 0 fully saturated rings. The maximum atomic E-state index is 12.8. The minimum absolute atomic E-state index is 0.0366. The first-order valence-electron chi connectivity index (χ1n) is 8.66. The Morgan fingerprint density at radius 2 is 1.57 bits per heavy atom. The summed E-state index contributed by atoms with van der Waals surface area (Å²) in [5.41, 5.74) is 3.40. The molecular weight excluding hydrogens is 367 g/mol. The molecule has 0 aromatic heterocycles. The van der Waals surface area contributed by atoms with E-state index in [2.05, 4.69) is 34.5 Å². The standard InChI is InChI=1S/C18H19FN2O.C2H2O4/c19-16-5-7-17(8-6-16)20-18(22)10-12-21-11-9-14-3-1-2-4-15(14)13-21;3-1(4)2(5)6/h1-8H,9-13H2,(H,20,22);(H,3,4)(H,5,6). The van der Waals surface area contributed by atoms with Gasteiger partial charge in [-0.25, -0.2) is 14.0 Å². The Bertz CT molecular complexity index is 827. The van der Waals surface area contributed by atoms with E-state index in [0.29, 0.717) is 12.1 Å². The highest BCUT2D eigenvalue weighted by Gasteiger charge is 2.16. The largest absolute Gasteiger partial charge is 0.473 e. The normalized spacial score (nSPS) is 12.9. The van der Waals surface area contributed by atoms with E-state index in [9.17, 15) is 9.18 Å². The highest BCUT2D eigenvalue weighted by atomic mass is 19.1. The van der Waals surface area contributed by atoms with Gasteiger partial charge in [-0.1, -0.05) is 24.3 Å². The number of hydrogen-bond donors (Lipinski definition) is 3. The minimum atomic E-state index is -1.82. The summed E-state index contributed by atoms with van der Waals surface area (Å²) >= 11 is 0. The summed E-state index contributed by atoms with van der Waals surface area (Å²) in [5, 5.41) is 17.6. The molecule has 1 amide bonds. The third-order valence-corrected chi connectivity index (χ3v) is 4.18.